The first kappa shape index (κ1) is 19.2. The largest absolute Gasteiger partial charge is 0.396 e. The van der Waals surface area contributed by atoms with Gasteiger partial charge in [-0.3, -0.25) is 4.79 Å². The molecule has 1 aliphatic heterocycles. The van der Waals surface area contributed by atoms with Crippen molar-refractivity contribution in [2.45, 2.75) is 13.0 Å². The summed E-state index contributed by atoms with van der Waals surface area (Å²) in [6.07, 6.45) is 4.21. The molecule has 8 nitrogen and oxygen atoms in total. The van der Waals surface area contributed by atoms with Crippen LogP contribution in [0, 0.1) is 5.92 Å². The average Bonchev–Trinajstić information content (AvgIpc) is 3.48. The van der Waals surface area contributed by atoms with E-state index in [0.717, 1.165) is 52.5 Å². The predicted octanol–water partition coefficient (Wildman–Crippen LogP) is 2.47. The maximum absolute atomic E-state index is 12.7. The molecule has 3 aromatic heterocycles. The summed E-state index contributed by atoms with van der Waals surface area (Å²) < 4.78 is 7.25. The summed E-state index contributed by atoms with van der Waals surface area (Å²) >= 11 is 1.59. The van der Waals surface area contributed by atoms with E-state index in [1.54, 1.807) is 18.4 Å². The van der Waals surface area contributed by atoms with Crippen LogP contribution in [0.25, 0.3) is 32.4 Å². The number of hydrogen-bond donors (Lipinski definition) is 2. The van der Waals surface area contributed by atoms with Gasteiger partial charge in [-0.05, 0) is 24.1 Å². The van der Waals surface area contributed by atoms with Crippen LogP contribution in [0.2, 0.25) is 0 Å². The van der Waals surface area contributed by atoms with Gasteiger partial charge in [0.15, 0.2) is 0 Å². The molecule has 9 heteroatoms. The summed E-state index contributed by atoms with van der Waals surface area (Å²) in [5.74, 6) is 0.244. The number of hydrogen-bond acceptors (Lipinski definition) is 7. The monoisotopic (exact) mass is 425 g/mol. The van der Waals surface area contributed by atoms with Crippen LogP contribution in [0.1, 0.15) is 6.42 Å². The highest BCUT2D eigenvalue weighted by Crippen LogP contribution is 2.43. The maximum atomic E-state index is 12.7. The summed E-state index contributed by atoms with van der Waals surface area (Å²) in [6, 6.07) is 6.17. The molecule has 0 amide bonds. The Bertz CT molecular complexity index is 1260. The lowest BCUT2D eigenvalue weighted by Crippen LogP contribution is -2.21. The van der Waals surface area contributed by atoms with Gasteiger partial charge < -0.3 is 24.3 Å². The van der Waals surface area contributed by atoms with Gasteiger partial charge in [0, 0.05) is 39.3 Å². The fourth-order valence-corrected chi connectivity index (χ4v) is 5.40. The van der Waals surface area contributed by atoms with Crippen LogP contribution in [-0.2, 0) is 11.3 Å². The van der Waals surface area contributed by atoms with Crippen molar-refractivity contribution in [1.82, 2.24) is 19.5 Å². The molecular weight excluding hydrogens is 402 g/mol. The third kappa shape index (κ3) is 3.19. The van der Waals surface area contributed by atoms with E-state index in [1.807, 2.05) is 6.33 Å². The number of H-pyrrole nitrogens is 1. The Morgan fingerprint density at radius 3 is 3.07 bits per heavy atom. The van der Waals surface area contributed by atoms with E-state index >= 15 is 0 Å². The van der Waals surface area contributed by atoms with Crippen LogP contribution in [0.15, 0.2) is 35.6 Å². The number of aliphatic hydroxyl groups excluding tert-OH is 1. The van der Waals surface area contributed by atoms with Gasteiger partial charge in [0.05, 0.1) is 40.7 Å². The minimum atomic E-state index is -0.130. The van der Waals surface area contributed by atoms with Gasteiger partial charge in [-0.25, -0.2) is 9.97 Å². The van der Waals surface area contributed by atoms with E-state index in [0.29, 0.717) is 17.5 Å². The summed E-state index contributed by atoms with van der Waals surface area (Å²) in [4.78, 5) is 27.6. The summed E-state index contributed by atoms with van der Waals surface area (Å²) in [5, 5.41) is 11.1. The van der Waals surface area contributed by atoms with Gasteiger partial charge in [0.2, 0.25) is 0 Å². The van der Waals surface area contributed by atoms with Crippen LogP contribution in [-0.4, -0.2) is 58.0 Å². The van der Waals surface area contributed by atoms with Crippen molar-refractivity contribution >= 4 is 38.3 Å². The fraction of sp³-hybridized carbons (Fsp3) is 0.381. The first-order valence-electron chi connectivity index (χ1n) is 9.99. The number of nitrogens with one attached hydrogen (secondary N) is 1. The lowest BCUT2D eigenvalue weighted by molar-refractivity contribution is 0.188. The second kappa shape index (κ2) is 7.82. The normalized spacial score (nSPS) is 16.9. The Hall–Kier alpha value is -2.75. The predicted molar refractivity (Wildman–Crippen MR) is 118 cm³/mol. The molecule has 0 unspecified atom stereocenters. The zero-order valence-electron chi connectivity index (χ0n) is 16.7. The van der Waals surface area contributed by atoms with Crippen molar-refractivity contribution in [3.05, 3.63) is 41.2 Å². The summed E-state index contributed by atoms with van der Waals surface area (Å²) in [7, 11) is 1.69. The lowest BCUT2D eigenvalue weighted by Gasteiger charge is -2.16. The second-order valence-corrected chi connectivity index (χ2v) is 8.61. The molecule has 1 aromatic carbocycles. The first-order valence-corrected chi connectivity index (χ1v) is 10.8. The smallest absolute Gasteiger partial charge is 0.261 e. The number of aliphatic hydroxyl groups is 1. The van der Waals surface area contributed by atoms with Crippen molar-refractivity contribution in [3.8, 4) is 10.4 Å². The molecule has 0 radical (unpaired) electrons. The van der Waals surface area contributed by atoms with Gasteiger partial charge in [0.1, 0.15) is 10.4 Å². The van der Waals surface area contributed by atoms with Crippen LogP contribution >= 0.6 is 11.3 Å². The van der Waals surface area contributed by atoms with E-state index in [4.69, 9.17) is 4.74 Å². The highest BCUT2D eigenvalue weighted by atomic mass is 32.1. The molecule has 0 saturated carbocycles. The Balaban J connectivity index is 1.61. The standard InChI is InChI=1S/C21H23N5O3S/c1-29-7-6-26-12-24-15-8-14(2-3-16(15)26)19-18-17(20(28)23-11-22-18)21(30-19)25-5-4-13(9-25)10-27/h2-3,8,11-13,27H,4-7,9-10H2,1H3,(H,22,23,28)/t13-/m0/s1. The van der Waals surface area contributed by atoms with E-state index in [9.17, 15) is 9.90 Å². The highest BCUT2D eigenvalue weighted by molar-refractivity contribution is 7.21. The minimum absolute atomic E-state index is 0.130. The number of anilines is 1. The molecule has 1 atom stereocenters. The quantitative estimate of drug-likeness (QED) is 0.493. The lowest BCUT2D eigenvalue weighted by atomic mass is 10.1. The second-order valence-electron chi connectivity index (χ2n) is 7.61. The van der Waals surface area contributed by atoms with Crippen LogP contribution < -0.4 is 10.5 Å². The Morgan fingerprint density at radius 2 is 2.27 bits per heavy atom. The molecule has 156 valence electrons. The number of rotatable bonds is 6. The molecular formula is C21H23N5O3S. The van der Waals surface area contributed by atoms with Crippen LogP contribution in [0.4, 0.5) is 5.00 Å². The number of methoxy groups -OCH3 is 1. The zero-order chi connectivity index (χ0) is 20.7. The molecule has 1 aliphatic rings. The van der Waals surface area contributed by atoms with Gasteiger partial charge in [-0.2, -0.15) is 0 Å². The van der Waals surface area contributed by atoms with Crippen molar-refractivity contribution in [3.63, 3.8) is 0 Å². The molecule has 30 heavy (non-hydrogen) atoms. The topological polar surface area (TPSA) is 96.3 Å². The molecule has 1 fully saturated rings. The number of imidazole rings is 1. The van der Waals surface area contributed by atoms with E-state index in [1.165, 1.54) is 6.33 Å². The number of aromatic amines is 1. The molecule has 4 heterocycles. The Labute approximate surface area is 176 Å². The number of benzene rings is 1. The van der Waals surface area contributed by atoms with Crippen molar-refractivity contribution in [2.75, 3.05) is 38.3 Å². The van der Waals surface area contributed by atoms with E-state index < -0.39 is 0 Å². The average molecular weight is 426 g/mol. The van der Waals surface area contributed by atoms with Gasteiger partial charge in [0.25, 0.3) is 5.56 Å². The molecule has 2 N–H and O–H groups in total. The zero-order valence-corrected chi connectivity index (χ0v) is 17.5. The number of fused-ring (bicyclic) bond motifs is 2. The van der Waals surface area contributed by atoms with Gasteiger partial charge in [-0.1, -0.05) is 6.07 Å². The van der Waals surface area contributed by atoms with Crippen molar-refractivity contribution in [2.24, 2.45) is 5.92 Å². The van der Waals surface area contributed by atoms with Gasteiger partial charge >= 0.3 is 0 Å². The number of thiophene rings is 1. The SMILES string of the molecule is COCCn1cnc2cc(-c3sc(N4CC[C@H](CO)C4)c4c(=O)[nH]cnc34)ccc21. The highest BCUT2D eigenvalue weighted by Gasteiger charge is 2.27. The van der Waals surface area contributed by atoms with Crippen molar-refractivity contribution in [1.29, 1.82) is 0 Å². The van der Waals surface area contributed by atoms with E-state index in [2.05, 4.69) is 42.6 Å². The van der Waals surface area contributed by atoms with E-state index in [-0.39, 0.29) is 18.1 Å². The van der Waals surface area contributed by atoms with Crippen molar-refractivity contribution < 1.29 is 9.84 Å². The van der Waals surface area contributed by atoms with Gasteiger partial charge in [-0.15, -0.1) is 11.3 Å². The maximum Gasteiger partial charge on any atom is 0.261 e. The minimum Gasteiger partial charge on any atom is -0.396 e. The molecule has 0 aliphatic carbocycles. The number of aromatic nitrogens is 4. The fourth-order valence-electron chi connectivity index (χ4n) is 4.12. The number of nitrogens with zero attached hydrogens (tertiary/aromatic N) is 4. The molecule has 1 saturated heterocycles. The Morgan fingerprint density at radius 1 is 1.37 bits per heavy atom. The third-order valence-electron chi connectivity index (χ3n) is 5.73. The molecule has 5 rings (SSSR count). The summed E-state index contributed by atoms with van der Waals surface area (Å²) in [5.41, 5.74) is 3.53. The number of ether oxygens (including phenoxy) is 1. The van der Waals surface area contributed by atoms with Crippen LogP contribution in [0.3, 0.4) is 0 Å². The van der Waals surface area contributed by atoms with Crippen LogP contribution in [0.5, 0.6) is 0 Å². The molecule has 0 spiro atoms. The molecule has 4 aromatic rings. The first-order chi connectivity index (χ1) is 14.7. The Kier molecular flexibility index (Phi) is 5.01. The third-order valence-corrected chi connectivity index (χ3v) is 7.02. The summed E-state index contributed by atoms with van der Waals surface area (Å²) in [6.45, 7) is 3.13. The molecule has 0 bridgehead atoms.